The second-order valence-corrected chi connectivity index (χ2v) is 11.1. The van der Waals surface area contributed by atoms with Crippen LogP contribution in [0.1, 0.15) is 43.1 Å². The fraction of sp³-hybridized carbons (Fsp3) is 0.385. The lowest BCUT2D eigenvalue weighted by atomic mass is 10.1. The quantitative estimate of drug-likeness (QED) is 0.305. The molecule has 2 aromatic heterocycles. The second-order valence-electron chi connectivity index (χ2n) is 9.43. The third-order valence-corrected chi connectivity index (χ3v) is 8.05. The van der Waals surface area contributed by atoms with Crippen LogP contribution in [0.15, 0.2) is 36.4 Å². The molecule has 2 aliphatic rings. The van der Waals surface area contributed by atoms with Gasteiger partial charge in [-0.25, -0.2) is 4.98 Å². The first-order valence-electron chi connectivity index (χ1n) is 12.4. The number of carbonyl (C=O) groups is 4. The van der Waals surface area contributed by atoms with Crippen molar-refractivity contribution in [3.8, 4) is 0 Å². The van der Waals surface area contributed by atoms with Crippen molar-refractivity contribution >= 4 is 69.3 Å². The van der Waals surface area contributed by atoms with Gasteiger partial charge in [-0.1, -0.05) is 17.7 Å². The van der Waals surface area contributed by atoms with Crippen LogP contribution in [0, 0.1) is 0 Å². The van der Waals surface area contributed by atoms with E-state index in [1.807, 2.05) is 0 Å². The van der Waals surface area contributed by atoms with Crippen molar-refractivity contribution in [1.82, 2.24) is 19.7 Å². The average molecular weight is 555 g/mol. The van der Waals surface area contributed by atoms with E-state index in [2.05, 4.69) is 20.7 Å². The molecule has 3 aromatic rings. The van der Waals surface area contributed by atoms with E-state index in [1.165, 1.54) is 16.5 Å². The van der Waals surface area contributed by atoms with E-state index < -0.39 is 0 Å². The van der Waals surface area contributed by atoms with Gasteiger partial charge in [0.1, 0.15) is 29.8 Å². The van der Waals surface area contributed by atoms with Gasteiger partial charge >= 0.3 is 0 Å². The Hall–Kier alpha value is -3.44. The van der Waals surface area contributed by atoms with E-state index in [-0.39, 0.29) is 58.7 Å². The topological polar surface area (TPSA) is 126 Å². The molecule has 3 amide bonds. The number of nitrogens with one attached hydrogen (secondary N) is 2. The summed E-state index contributed by atoms with van der Waals surface area (Å²) in [6.45, 7) is 1.15. The third kappa shape index (κ3) is 5.99. The van der Waals surface area contributed by atoms with Crippen LogP contribution in [0.3, 0.4) is 0 Å². The number of amides is 3. The molecule has 1 aliphatic heterocycles. The number of benzene rings is 1. The summed E-state index contributed by atoms with van der Waals surface area (Å²) in [5.41, 5.74) is 1.40. The van der Waals surface area contributed by atoms with Crippen molar-refractivity contribution in [2.45, 2.75) is 50.4 Å². The van der Waals surface area contributed by atoms with Gasteiger partial charge in [-0.2, -0.15) is 5.10 Å². The molecule has 0 radical (unpaired) electrons. The summed E-state index contributed by atoms with van der Waals surface area (Å²) >= 11 is 7.53. The standard InChI is InChI=1S/C26H27ClN6O4S/c1-15(34)25-18-12-16(28-26(37)20-4-3-11-38-20)7-10-19(18)33(31-25)14-24(36)32(17-8-9-17)13-23(35)30-22-6-2-5-21(27)29-22/h2,5-7,10,12,17,20H,3-4,8-9,11,13-14H2,1H3,(H,28,37)(H,29,30,35). The number of carbonyl (C=O) groups excluding carboxylic acids is 4. The SMILES string of the molecule is CC(=O)c1nn(CC(=O)N(CC(=O)Nc2cccc(Cl)n2)C2CC2)c2ccc(NC(=O)C3CCCS3)cc12. The fourth-order valence-electron chi connectivity index (χ4n) is 4.49. The number of fused-ring (bicyclic) bond motifs is 1. The first-order valence-corrected chi connectivity index (χ1v) is 13.9. The maximum Gasteiger partial charge on any atom is 0.245 e. The van der Waals surface area contributed by atoms with Gasteiger partial charge in [-0.15, -0.1) is 11.8 Å². The monoisotopic (exact) mass is 554 g/mol. The van der Waals surface area contributed by atoms with E-state index >= 15 is 0 Å². The zero-order chi connectivity index (χ0) is 26.8. The Labute approximate surface area is 228 Å². The first kappa shape index (κ1) is 26.2. The summed E-state index contributed by atoms with van der Waals surface area (Å²) in [6.07, 6.45) is 3.50. The molecule has 2 N–H and O–H groups in total. The molecule has 5 rings (SSSR count). The molecule has 1 saturated heterocycles. The Morgan fingerprint density at radius 1 is 1.13 bits per heavy atom. The number of halogens is 1. The van der Waals surface area contributed by atoms with Crippen molar-refractivity contribution in [2.75, 3.05) is 22.9 Å². The normalized spacial score (nSPS) is 16.8. The lowest BCUT2D eigenvalue weighted by Crippen LogP contribution is -2.41. The molecule has 3 heterocycles. The Bertz CT molecular complexity index is 1420. The van der Waals surface area contributed by atoms with Crippen LogP contribution in [0.25, 0.3) is 10.9 Å². The molecule has 1 unspecified atom stereocenters. The van der Waals surface area contributed by atoms with Crippen LogP contribution < -0.4 is 10.6 Å². The molecule has 198 valence electrons. The number of thioether (sulfide) groups is 1. The summed E-state index contributed by atoms with van der Waals surface area (Å²) in [4.78, 5) is 56.5. The van der Waals surface area contributed by atoms with E-state index in [0.717, 1.165) is 31.4 Å². The van der Waals surface area contributed by atoms with E-state index in [0.29, 0.717) is 22.4 Å². The molecular weight excluding hydrogens is 528 g/mol. The molecule has 1 aliphatic carbocycles. The van der Waals surface area contributed by atoms with E-state index in [4.69, 9.17) is 11.6 Å². The third-order valence-electron chi connectivity index (χ3n) is 6.46. The highest BCUT2D eigenvalue weighted by atomic mass is 35.5. The molecule has 10 nitrogen and oxygen atoms in total. The first-order chi connectivity index (χ1) is 18.3. The van der Waals surface area contributed by atoms with Gasteiger partial charge in [0, 0.05) is 24.0 Å². The minimum Gasteiger partial charge on any atom is -0.329 e. The van der Waals surface area contributed by atoms with E-state index in [1.54, 1.807) is 48.2 Å². The van der Waals surface area contributed by atoms with E-state index in [9.17, 15) is 19.2 Å². The summed E-state index contributed by atoms with van der Waals surface area (Å²) < 4.78 is 1.48. The van der Waals surface area contributed by atoms with Crippen molar-refractivity contribution < 1.29 is 19.2 Å². The molecular formula is C26H27ClN6O4S. The molecule has 38 heavy (non-hydrogen) atoms. The van der Waals surface area contributed by atoms with Gasteiger partial charge in [0.2, 0.25) is 17.7 Å². The molecule has 1 aromatic carbocycles. The number of ketones is 1. The number of rotatable bonds is 9. The molecule has 12 heteroatoms. The average Bonchev–Trinajstić information content (AvgIpc) is 3.42. The second kappa shape index (κ2) is 11.1. The Kier molecular flexibility index (Phi) is 7.66. The van der Waals surface area contributed by atoms with Crippen molar-refractivity contribution in [2.24, 2.45) is 0 Å². The number of nitrogens with zero attached hydrogens (tertiary/aromatic N) is 4. The Morgan fingerprint density at radius 2 is 1.95 bits per heavy atom. The zero-order valence-corrected chi connectivity index (χ0v) is 22.3. The lowest BCUT2D eigenvalue weighted by Gasteiger charge is -2.22. The number of anilines is 2. The Balaban J connectivity index is 1.32. The van der Waals surface area contributed by atoms with Gasteiger partial charge in [0.15, 0.2) is 5.78 Å². The highest BCUT2D eigenvalue weighted by Crippen LogP contribution is 2.30. The van der Waals surface area contributed by atoms with Gasteiger partial charge in [-0.3, -0.25) is 23.9 Å². The summed E-state index contributed by atoms with van der Waals surface area (Å²) in [7, 11) is 0. The van der Waals surface area contributed by atoms with Crippen molar-refractivity contribution in [3.05, 3.63) is 47.2 Å². The van der Waals surface area contributed by atoms with Crippen molar-refractivity contribution in [1.29, 1.82) is 0 Å². The van der Waals surface area contributed by atoms with Crippen LogP contribution in [0.5, 0.6) is 0 Å². The zero-order valence-electron chi connectivity index (χ0n) is 20.8. The van der Waals surface area contributed by atoms with Crippen LogP contribution in [0.4, 0.5) is 11.5 Å². The van der Waals surface area contributed by atoms with Crippen LogP contribution in [0.2, 0.25) is 5.15 Å². The largest absolute Gasteiger partial charge is 0.329 e. The van der Waals surface area contributed by atoms with Gasteiger partial charge < -0.3 is 15.5 Å². The number of Topliss-reactive ketones (excluding diaryl/α,β-unsaturated/α-hetero) is 1. The summed E-state index contributed by atoms with van der Waals surface area (Å²) in [5, 5.41) is 10.8. The predicted molar refractivity (Wildman–Crippen MR) is 146 cm³/mol. The number of pyridine rings is 1. The molecule has 2 fully saturated rings. The van der Waals surface area contributed by atoms with Gasteiger partial charge in [-0.05, 0) is 61.8 Å². The molecule has 1 atom stereocenters. The number of hydrogen-bond donors (Lipinski definition) is 2. The number of aromatic nitrogens is 3. The lowest BCUT2D eigenvalue weighted by molar-refractivity contribution is -0.135. The smallest absolute Gasteiger partial charge is 0.245 e. The van der Waals surface area contributed by atoms with Gasteiger partial charge in [0.05, 0.1) is 10.8 Å². The highest BCUT2D eigenvalue weighted by molar-refractivity contribution is 8.00. The molecule has 0 spiro atoms. The van der Waals surface area contributed by atoms with Crippen LogP contribution in [-0.2, 0) is 20.9 Å². The Morgan fingerprint density at radius 3 is 2.63 bits per heavy atom. The minimum absolute atomic E-state index is 0.0232. The minimum atomic E-state index is -0.379. The van der Waals surface area contributed by atoms with Crippen molar-refractivity contribution in [3.63, 3.8) is 0 Å². The van der Waals surface area contributed by atoms with Gasteiger partial charge in [0.25, 0.3) is 0 Å². The predicted octanol–water partition coefficient (Wildman–Crippen LogP) is 3.75. The summed E-state index contributed by atoms with van der Waals surface area (Å²) in [5.74, 6) is 0.328. The maximum atomic E-state index is 13.3. The fourth-order valence-corrected chi connectivity index (χ4v) is 5.81. The van der Waals surface area contributed by atoms with Crippen LogP contribution in [-0.4, -0.2) is 66.8 Å². The molecule has 0 bridgehead atoms. The maximum absolute atomic E-state index is 13.3. The van der Waals surface area contributed by atoms with Crippen LogP contribution >= 0.6 is 23.4 Å². The highest BCUT2D eigenvalue weighted by Gasteiger charge is 2.34. The summed E-state index contributed by atoms with van der Waals surface area (Å²) in [6, 6.07) is 10.1. The number of hydrogen-bond acceptors (Lipinski definition) is 7. The molecule has 1 saturated carbocycles.